The lowest BCUT2D eigenvalue weighted by Gasteiger charge is -2.35. The standard InChI is InChI=1S/C19H16Cl2F3N5O/c1-11(12-2-3-17(16(25)4-12)29-10-27-9-28-29)8-18(30-26,19(22,23)24)13-5-14(20)7-15(21)6-13/h2-7,9-10H,1,8,25-26H2. The second-order valence-electron chi connectivity index (χ2n) is 6.49. The Balaban J connectivity index is 2.01. The number of nitrogens with zero attached hydrogens (tertiary/aromatic N) is 3. The van der Waals surface area contributed by atoms with E-state index in [1.54, 1.807) is 12.1 Å². The van der Waals surface area contributed by atoms with E-state index in [0.717, 1.165) is 12.1 Å². The van der Waals surface area contributed by atoms with Gasteiger partial charge in [-0.25, -0.2) is 15.6 Å². The van der Waals surface area contributed by atoms with E-state index in [2.05, 4.69) is 21.5 Å². The molecule has 0 radical (unpaired) electrons. The van der Waals surface area contributed by atoms with Gasteiger partial charge in [0.2, 0.25) is 5.60 Å². The molecule has 1 unspecified atom stereocenters. The van der Waals surface area contributed by atoms with Crippen LogP contribution in [0, 0.1) is 0 Å². The Morgan fingerprint density at radius 1 is 1.13 bits per heavy atom. The van der Waals surface area contributed by atoms with Crippen molar-refractivity contribution in [3.05, 3.63) is 76.8 Å². The minimum absolute atomic E-state index is 0.00946. The van der Waals surface area contributed by atoms with E-state index in [0.29, 0.717) is 11.3 Å². The van der Waals surface area contributed by atoms with E-state index in [-0.39, 0.29) is 26.9 Å². The zero-order valence-electron chi connectivity index (χ0n) is 15.3. The number of nitrogen functional groups attached to an aromatic ring is 1. The molecule has 30 heavy (non-hydrogen) atoms. The third kappa shape index (κ3) is 4.15. The summed E-state index contributed by atoms with van der Waals surface area (Å²) in [7, 11) is 0. The first kappa shape index (κ1) is 22.1. The van der Waals surface area contributed by atoms with Gasteiger partial charge in [0.05, 0.1) is 11.4 Å². The molecule has 1 heterocycles. The summed E-state index contributed by atoms with van der Waals surface area (Å²) in [4.78, 5) is 8.38. The van der Waals surface area contributed by atoms with Crippen LogP contribution in [0.15, 0.2) is 55.6 Å². The molecule has 3 aromatic rings. The summed E-state index contributed by atoms with van der Waals surface area (Å²) in [5.41, 5.74) is 4.03. The zero-order valence-corrected chi connectivity index (χ0v) is 16.8. The molecule has 1 atom stereocenters. The molecule has 0 fully saturated rings. The average Bonchev–Trinajstić information content (AvgIpc) is 3.18. The van der Waals surface area contributed by atoms with Crippen LogP contribution in [0.4, 0.5) is 18.9 Å². The first-order valence-corrected chi connectivity index (χ1v) is 9.17. The minimum atomic E-state index is -4.90. The molecule has 1 aromatic heterocycles. The van der Waals surface area contributed by atoms with Gasteiger partial charge in [0.1, 0.15) is 12.7 Å². The number of nitrogens with two attached hydrogens (primary N) is 2. The Hall–Kier alpha value is -2.59. The topological polar surface area (TPSA) is 92.0 Å². The SMILES string of the molecule is C=C(CC(ON)(c1cc(Cl)cc(Cl)c1)C(F)(F)F)c1ccc(-n2cncn2)c(N)c1. The largest absolute Gasteiger partial charge is 0.424 e. The molecule has 4 N–H and O–H groups in total. The number of benzene rings is 2. The van der Waals surface area contributed by atoms with Crippen molar-refractivity contribution in [1.82, 2.24) is 14.8 Å². The number of anilines is 1. The van der Waals surface area contributed by atoms with Crippen LogP contribution in [0.2, 0.25) is 10.0 Å². The predicted octanol–water partition coefficient (Wildman–Crippen LogP) is 4.91. The lowest BCUT2D eigenvalue weighted by atomic mass is 9.84. The third-order valence-corrected chi connectivity index (χ3v) is 4.99. The van der Waals surface area contributed by atoms with Crippen molar-refractivity contribution in [1.29, 1.82) is 0 Å². The molecular formula is C19H16Cl2F3N5O. The summed E-state index contributed by atoms with van der Waals surface area (Å²) in [5.74, 6) is 5.18. The highest BCUT2D eigenvalue weighted by Gasteiger charge is 2.58. The summed E-state index contributed by atoms with van der Waals surface area (Å²) >= 11 is 11.8. The normalized spacial score (nSPS) is 13.8. The predicted molar refractivity (Wildman–Crippen MR) is 109 cm³/mol. The van der Waals surface area contributed by atoms with Crippen molar-refractivity contribution < 1.29 is 18.0 Å². The van der Waals surface area contributed by atoms with Crippen LogP contribution in [0.1, 0.15) is 17.5 Å². The van der Waals surface area contributed by atoms with E-state index >= 15 is 0 Å². The molecule has 2 aromatic carbocycles. The first-order valence-electron chi connectivity index (χ1n) is 8.41. The fourth-order valence-corrected chi connectivity index (χ4v) is 3.57. The molecule has 3 rings (SSSR count). The smallest absolute Gasteiger partial charge is 0.397 e. The van der Waals surface area contributed by atoms with E-state index in [9.17, 15) is 13.2 Å². The van der Waals surface area contributed by atoms with Crippen molar-refractivity contribution in [3.63, 3.8) is 0 Å². The van der Waals surface area contributed by atoms with E-state index < -0.39 is 18.2 Å². The summed E-state index contributed by atoms with van der Waals surface area (Å²) in [6.07, 6.45) is -2.84. The minimum Gasteiger partial charge on any atom is -0.397 e. The molecule has 0 saturated carbocycles. The number of aromatic nitrogens is 3. The van der Waals surface area contributed by atoms with Crippen LogP contribution in [0.25, 0.3) is 11.3 Å². The van der Waals surface area contributed by atoms with Gasteiger partial charge in [-0.3, -0.25) is 4.84 Å². The third-order valence-electron chi connectivity index (χ3n) is 4.55. The van der Waals surface area contributed by atoms with Gasteiger partial charge in [0.15, 0.2) is 0 Å². The van der Waals surface area contributed by atoms with Gasteiger partial charge in [-0.15, -0.1) is 0 Å². The van der Waals surface area contributed by atoms with Gasteiger partial charge in [0.25, 0.3) is 0 Å². The van der Waals surface area contributed by atoms with Crippen LogP contribution < -0.4 is 11.6 Å². The Labute approximate surface area is 179 Å². The zero-order chi connectivity index (χ0) is 22.1. The van der Waals surface area contributed by atoms with Crippen molar-refractivity contribution in [2.45, 2.75) is 18.2 Å². The number of rotatable bonds is 6. The van der Waals surface area contributed by atoms with Gasteiger partial charge in [-0.05, 0) is 47.0 Å². The molecule has 0 aliphatic heterocycles. The van der Waals surface area contributed by atoms with E-state index in [4.69, 9.17) is 34.8 Å². The fraction of sp³-hybridized carbons (Fsp3) is 0.158. The molecule has 0 spiro atoms. The average molecular weight is 458 g/mol. The molecule has 0 saturated heterocycles. The summed E-state index contributed by atoms with van der Waals surface area (Å²) < 4.78 is 43.9. The monoisotopic (exact) mass is 457 g/mol. The number of hydrogen-bond acceptors (Lipinski definition) is 5. The van der Waals surface area contributed by atoms with Gasteiger partial charge in [-0.2, -0.15) is 18.3 Å². The molecule has 11 heteroatoms. The molecule has 0 aliphatic rings. The molecule has 0 amide bonds. The van der Waals surface area contributed by atoms with Gasteiger partial charge < -0.3 is 5.73 Å². The number of alkyl halides is 3. The van der Waals surface area contributed by atoms with Crippen LogP contribution in [-0.2, 0) is 10.4 Å². The molecular weight excluding hydrogens is 442 g/mol. The highest BCUT2D eigenvalue weighted by molar-refractivity contribution is 6.34. The molecule has 6 nitrogen and oxygen atoms in total. The lowest BCUT2D eigenvalue weighted by Crippen LogP contribution is -2.47. The number of halogens is 5. The second-order valence-corrected chi connectivity index (χ2v) is 7.37. The van der Waals surface area contributed by atoms with Crippen LogP contribution in [0.5, 0.6) is 0 Å². The second kappa shape index (κ2) is 8.27. The maximum absolute atomic E-state index is 14.2. The lowest BCUT2D eigenvalue weighted by molar-refractivity contribution is -0.285. The van der Waals surface area contributed by atoms with Gasteiger partial charge in [0, 0.05) is 16.5 Å². The highest BCUT2D eigenvalue weighted by Crippen LogP contribution is 2.48. The maximum atomic E-state index is 14.2. The summed E-state index contributed by atoms with van der Waals surface area (Å²) in [6, 6.07) is 8.16. The van der Waals surface area contributed by atoms with Crippen molar-refractivity contribution >= 4 is 34.5 Å². The van der Waals surface area contributed by atoms with Crippen molar-refractivity contribution in [3.8, 4) is 5.69 Å². The van der Waals surface area contributed by atoms with Crippen LogP contribution in [-0.4, -0.2) is 20.9 Å². The fourth-order valence-electron chi connectivity index (χ4n) is 3.05. The van der Waals surface area contributed by atoms with Crippen molar-refractivity contribution in [2.24, 2.45) is 5.90 Å². The van der Waals surface area contributed by atoms with E-state index in [1.165, 1.54) is 29.5 Å². The first-order chi connectivity index (χ1) is 14.1. The highest BCUT2D eigenvalue weighted by atomic mass is 35.5. The van der Waals surface area contributed by atoms with Crippen LogP contribution >= 0.6 is 23.2 Å². The summed E-state index contributed by atoms with van der Waals surface area (Å²) in [5, 5.41) is 3.99. The quantitative estimate of drug-likeness (QED) is 0.405. The maximum Gasteiger partial charge on any atom is 0.424 e. The van der Waals surface area contributed by atoms with Crippen LogP contribution in [0.3, 0.4) is 0 Å². The Bertz CT molecular complexity index is 1050. The molecule has 0 aliphatic carbocycles. The van der Waals surface area contributed by atoms with Crippen molar-refractivity contribution in [2.75, 3.05) is 5.73 Å². The van der Waals surface area contributed by atoms with Gasteiger partial charge >= 0.3 is 6.18 Å². The molecule has 0 bridgehead atoms. The number of hydrogen-bond donors (Lipinski definition) is 2. The van der Waals surface area contributed by atoms with E-state index in [1.807, 2.05) is 0 Å². The Morgan fingerprint density at radius 2 is 1.80 bits per heavy atom. The summed E-state index contributed by atoms with van der Waals surface area (Å²) in [6.45, 7) is 3.78. The van der Waals surface area contributed by atoms with Gasteiger partial charge in [-0.1, -0.05) is 35.8 Å². The Kier molecular flexibility index (Phi) is 6.09. The molecule has 158 valence electrons. The Morgan fingerprint density at radius 3 is 2.30 bits per heavy atom.